The van der Waals surface area contributed by atoms with Crippen molar-refractivity contribution in [3.05, 3.63) is 107 Å². The lowest BCUT2D eigenvalue weighted by molar-refractivity contribution is -0.140. The van der Waals surface area contributed by atoms with Crippen LogP contribution in [0.1, 0.15) is 34.7 Å². The number of hydrogen-bond donors (Lipinski definition) is 1. The van der Waals surface area contributed by atoms with Crippen LogP contribution in [0.2, 0.25) is 0 Å². The average molecular weight is 527 g/mol. The van der Waals surface area contributed by atoms with Crippen LogP contribution in [0.4, 0.5) is 0 Å². The number of benzene rings is 3. The minimum Gasteiger partial charge on any atom is -0.507 e. The molecule has 3 aromatic rings. The molecule has 0 spiro atoms. The SMILES string of the molecule is Cc1cc(OCc2ccccc2)ccc1C(O)=C1C(=O)C(=O)N(CCCN2CCOCC2)[C@@H]1c1ccccc1. The van der Waals surface area contributed by atoms with E-state index in [0.717, 1.165) is 42.7 Å². The minimum atomic E-state index is -0.656. The van der Waals surface area contributed by atoms with Crippen molar-refractivity contribution >= 4 is 17.4 Å². The fourth-order valence-corrected chi connectivity index (χ4v) is 5.26. The zero-order valence-electron chi connectivity index (χ0n) is 22.2. The second kappa shape index (κ2) is 12.3. The number of amides is 1. The fraction of sp³-hybridized carbons (Fsp3) is 0.312. The molecule has 7 heteroatoms. The number of Topliss-reactive ketones (excluding diaryl/α,β-unsaturated/α-hetero) is 1. The topological polar surface area (TPSA) is 79.3 Å². The zero-order chi connectivity index (χ0) is 27.2. The van der Waals surface area contributed by atoms with Crippen LogP contribution in [0, 0.1) is 6.92 Å². The Balaban J connectivity index is 1.40. The molecule has 0 aliphatic carbocycles. The molecule has 0 bridgehead atoms. The molecule has 2 aliphatic heterocycles. The number of aliphatic hydroxyl groups is 1. The van der Waals surface area contributed by atoms with Crippen LogP contribution < -0.4 is 4.74 Å². The Morgan fingerprint density at radius 2 is 1.64 bits per heavy atom. The van der Waals surface area contributed by atoms with Crippen LogP contribution in [0.25, 0.3) is 5.76 Å². The van der Waals surface area contributed by atoms with E-state index in [0.29, 0.717) is 37.7 Å². The molecule has 1 atom stereocenters. The summed E-state index contributed by atoms with van der Waals surface area (Å²) >= 11 is 0. The molecule has 0 saturated carbocycles. The Kier molecular flexibility index (Phi) is 8.39. The van der Waals surface area contributed by atoms with Gasteiger partial charge in [0.2, 0.25) is 0 Å². The normalized spacial score (nSPS) is 19.4. The van der Waals surface area contributed by atoms with Crippen molar-refractivity contribution in [2.24, 2.45) is 0 Å². The number of morpholine rings is 1. The Morgan fingerprint density at radius 1 is 0.949 bits per heavy atom. The Hall–Kier alpha value is -3.94. The molecule has 1 N–H and O–H groups in total. The number of ketones is 1. The smallest absolute Gasteiger partial charge is 0.295 e. The van der Waals surface area contributed by atoms with Gasteiger partial charge in [0.15, 0.2) is 0 Å². The monoisotopic (exact) mass is 526 g/mol. The van der Waals surface area contributed by atoms with Crippen LogP contribution in [0.3, 0.4) is 0 Å². The summed E-state index contributed by atoms with van der Waals surface area (Å²) in [6.07, 6.45) is 0.725. The predicted molar refractivity (Wildman–Crippen MR) is 149 cm³/mol. The lowest BCUT2D eigenvalue weighted by Gasteiger charge is -2.29. The maximum atomic E-state index is 13.4. The Morgan fingerprint density at radius 3 is 2.33 bits per heavy atom. The zero-order valence-corrected chi connectivity index (χ0v) is 22.2. The first-order chi connectivity index (χ1) is 19.0. The van der Waals surface area contributed by atoms with Crippen molar-refractivity contribution in [1.82, 2.24) is 9.80 Å². The molecule has 2 aliphatic rings. The molecular formula is C32H34N2O5. The summed E-state index contributed by atoms with van der Waals surface area (Å²) in [6.45, 7) is 6.68. The summed E-state index contributed by atoms with van der Waals surface area (Å²) in [5, 5.41) is 11.5. The van der Waals surface area contributed by atoms with E-state index >= 15 is 0 Å². The van der Waals surface area contributed by atoms with Crippen molar-refractivity contribution in [3.63, 3.8) is 0 Å². The summed E-state index contributed by atoms with van der Waals surface area (Å²) in [4.78, 5) is 30.5. The number of ether oxygens (including phenoxy) is 2. The van der Waals surface area contributed by atoms with Crippen molar-refractivity contribution in [2.45, 2.75) is 26.0 Å². The van der Waals surface area contributed by atoms with Crippen molar-refractivity contribution in [1.29, 1.82) is 0 Å². The Labute approximate surface area is 229 Å². The van der Waals surface area contributed by atoms with Gasteiger partial charge in [-0.25, -0.2) is 0 Å². The van der Waals surface area contributed by atoms with Gasteiger partial charge in [0.05, 0.1) is 24.8 Å². The van der Waals surface area contributed by atoms with E-state index in [1.54, 1.807) is 17.0 Å². The largest absolute Gasteiger partial charge is 0.507 e. The van der Waals surface area contributed by atoms with E-state index in [2.05, 4.69) is 4.90 Å². The van der Waals surface area contributed by atoms with Gasteiger partial charge in [-0.05, 0) is 48.2 Å². The maximum absolute atomic E-state index is 13.4. The summed E-state index contributed by atoms with van der Waals surface area (Å²) in [6, 6.07) is 24.1. The van der Waals surface area contributed by atoms with Gasteiger partial charge < -0.3 is 19.5 Å². The molecule has 0 radical (unpaired) electrons. The summed E-state index contributed by atoms with van der Waals surface area (Å²) in [5.74, 6) is -0.731. The van der Waals surface area contributed by atoms with E-state index in [-0.39, 0.29) is 11.3 Å². The Bertz CT molecular complexity index is 1330. The van der Waals surface area contributed by atoms with Gasteiger partial charge in [0.1, 0.15) is 18.1 Å². The molecule has 202 valence electrons. The fourth-order valence-electron chi connectivity index (χ4n) is 5.26. The molecule has 5 rings (SSSR count). The number of rotatable bonds is 9. The van der Waals surface area contributed by atoms with Gasteiger partial charge in [-0.15, -0.1) is 0 Å². The third kappa shape index (κ3) is 6.05. The molecule has 0 unspecified atom stereocenters. The molecule has 39 heavy (non-hydrogen) atoms. The third-order valence-corrected chi connectivity index (χ3v) is 7.33. The van der Waals surface area contributed by atoms with Crippen LogP contribution in [-0.4, -0.2) is 66.0 Å². The molecule has 1 amide bonds. The standard InChI is InChI=1S/C32H34N2O5/c1-23-21-26(39-22-24-9-4-2-5-10-24)13-14-27(23)30(35)28-29(25-11-6-3-7-12-25)34(32(37)31(28)36)16-8-15-33-17-19-38-20-18-33/h2-7,9-14,21,29,35H,8,15-20,22H2,1H3/t29-/m1/s1. The van der Waals surface area contributed by atoms with Gasteiger partial charge in [0, 0.05) is 31.7 Å². The number of hydrogen-bond acceptors (Lipinski definition) is 6. The number of carbonyl (C=O) groups excluding carboxylic acids is 2. The first kappa shape index (κ1) is 26.7. The highest BCUT2D eigenvalue weighted by Crippen LogP contribution is 2.40. The number of aryl methyl sites for hydroxylation is 1. The molecule has 2 saturated heterocycles. The molecule has 7 nitrogen and oxygen atoms in total. The number of carbonyl (C=O) groups is 2. The predicted octanol–water partition coefficient (Wildman–Crippen LogP) is 4.72. The molecule has 0 aromatic heterocycles. The van der Waals surface area contributed by atoms with E-state index in [1.807, 2.05) is 73.7 Å². The van der Waals surface area contributed by atoms with Gasteiger partial charge in [-0.3, -0.25) is 14.5 Å². The van der Waals surface area contributed by atoms with Gasteiger partial charge >= 0.3 is 0 Å². The second-order valence-corrected chi connectivity index (χ2v) is 9.96. The van der Waals surface area contributed by atoms with Crippen LogP contribution in [0.15, 0.2) is 84.4 Å². The van der Waals surface area contributed by atoms with E-state index in [4.69, 9.17) is 9.47 Å². The first-order valence-corrected chi connectivity index (χ1v) is 13.4. The van der Waals surface area contributed by atoms with Gasteiger partial charge in [0.25, 0.3) is 11.7 Å². The van der Waals surface area contributed by atoms with Gasteiger partial charge in [-0.2, -0.15) is 0 Å². The lowest BCUT2D eigenvalue weighted by Crippen LogP contribution is -2.38. The highest BCUT2D eigenvalue weighted by molar-refractivity contribution is 6.46. The van der Waals surface area contributed by atoms with Crippen LogP contribution >= 0.6 is 0 Å². The lowest BCUT2D eigenvalue weighted by atomic mass is 9.94. The van der Waals surface area contributed by atoms with E-state index in [9.17, 15) is 14.7 Å². The first-order valence-electron chi connectivity index (χ1n) is 13.4. The number of likely N-dealkylation sites (tertiary alicyclic amines) is 1. The highest BCUT2D eigenvalue weighted by Gasteiger charge is 2.45. The molecule has 3 aromatic carbocycles. The minimum absolute atomic E-state index is 0.124. The molecule has 2 fully saturated rings. The van der Waals surface area contributed by atoms with Crippen molar-refractivity contribution < 1.29 is 24.2 Å². The summed E-state index contributed by atoms with van der Waals surface area (Å²) in [7, 11) is 0. The van der Waals surface area contributed by atoms with Crippen LogP contribution in [-0.2, 0) is 20.9 Å². The summed E-state index contributed by atoms with van der Waals surface area (Å²) < 4.78 is 11.4. The molecule has 2 heterocycles. The maximum Gasteiger partial charge on any atom is 0.295 e. The average Bonchev–Trinajstić information content (AvgIpc) is 3.22. The third-order valence-electron chi connectivity index (χ3n) is 7.33. The highest BCUT2D eigenvalue weighted by atomic mass is 16.5. The molecular weight excluding hydrogens is 492 g/mol. The van der Waals surface area contributed by atoms with Crippen molar-refractivity contribution in [3.8, 4) is 5.75 Å². The van der Waals surface area contributed by atoms with Crippen molar-refractivity contribution in [2.75, 3.05) is 39.4 Å². The number of aliphatic hydroxyl groups excluding tert-OH is 1. The second-order valence-electron chi connectivity index (χ2n) is 9.96. The van der Waals surface area contributed by atoms with Gasteiger partial charge in [-0.1, -0.05) is 60.7 Å². The summed E-state index contributed by atoms with van der Waals surface area (Å²) in [5.41, 5.74) is 3.24. The quantitative estimate of drug-likeness (QED) is 0.247. The van der Waals surface area contributed by atoms with E-state index < -0.39 is 17.7 Å². The number of nitrogens with zero attached hydrogens (tertiary/aromatic N) is 2. The van der Waals surface area contributed by atoms with E-state index in [1.165, 1.54) is 0 Å². The van der Waals surface area contributed by atoms with Crippen LogP contribution in [0.5, 0.6) is 5.75 Å².